The molecule has 0 spiro atoms. The number of fused-ring (bicyclic) bond motifs is 1. The van der Waals surface area contributed by atoms with Gasteiger partial charge in [0.1, 0.15) is 0 Å². The van der Waals surface area contributed by atoms with Gasteiger partial charge in [-0.15, -0.1) is 0 Å². The minimum absolute atomic E-state index is 0.141. The average Bonchev–Trinajstić information content (AvgIpc) is 3.03. The van der Waals surface area contributed by atoms with Crippen molar-refractivity contribution in [3.63, 3.8) is 0 Å². The van der Waals surface area contributed by atoms with Crippen molar-refractivity contribution in [3.8, 4) is 0 Å². The van der Waals surface area contributed by atoms with E-state index in [1.165, 1.54) is 29.5 Å². The summed E-state index contributed by atoms with van der Waals surface area (Å²) in [6.45, 7) is 0. The van der Waals surface area contributed by atoms with E-state index in [1.54, 1.807) is 42.5 Å². The maximum Gasteiger partial charge on any atom is 0.279 e. The zero-order chi connectivity index (χ0) is 21.3. The molecule has 3 aromatic carbocycles. The van der Waals surface area contributed by atoms with Crippen LogP contribution < -0.4 is 9.52 Å². The molecule has 0 bridgehead atoms. The molecule has 0 unspecified atom stereocenters. The number of carbonyl (C=O) groups is 1. The van der Waals surface area contributed by atoms with Gasteiger partial charge in [-0.2, -0.15) is 4.99 Å². The van der Waals surface area contributed by atoms with Crippen LogP contribution in [0.3, 0.4) is 0 Å². The van der Waals surface area contributed by atoms with E-state index in [2.05, 4.69) is 9.71 Å². The Kier molecular flexibility index (Phi) is 5.46. The normalized spacial score (nSPS) is 12.3. The summed E-state index contributed by atoms with van der Waals surface area (Å²) < 4.78 is 30.3. The first-order valence-corrected chi connectivity index (χ1v) is 11.5. The topological polar surface area (TPSA) is 80.5 Å². The van der Waals surface area contributed by atoms with Crippen LogP contribution in [0.15, 0.2) is 82.7 Å². The molecular weight excluding hydrogens is 442 g/mol. The number of benzene rings is 3. The van der Waals surface area contributed by atoms with Gasteiger partial charge in [-0.3, -0.25) is 9.52 Å². The molecule has 152 valence electrons. The van der Waals surface area contributed by atoms with E-state index in [0.29, 0.717) is 9.82 Å². The monoisotopic (exact) mass is 457 g/mol. The second kappa shape index (κ2) is 8.06. The Labute approximate surface area is 182 Å². The Balaban J connectivity index is 1.65. The maximum absolute atomic E-state index is 12.7. The molecule has 6 nitrogen and oxygen atoms in total. The van der Waals surface area contributed by atoms with E-state index in [1.807, 2.05) is 23.7 Å². The molecule has 9 heteroatoms. The molecule has 0 aliphatic carbocycles. The van der Waals surface area contributed by atoms with Gasteiger partial charge in [-0.1, -0.05) is 47.2 Å². The highest BCUT2D eigenvalue weighted by Crippen LogP contribution is 2.21. The lowest BCUT2D eigenvalue weighted by Gasteiger charge is -2.08. The minimum Gasteiger partial charge on any atom is -0.319 e. The van der Waals surface area contributed by atoms with Crippen LogP contribution in [0.4, 0.5) is 5.69 Å². The van der Waals surface area contributed by atoms with Crippen LogP contribution in [0, 0.1) is 0 Å². The number of thiazole rings is 1. The van der Waals surface area contributed by atoms with Crippen LogP contribution in [-0.2, 0) is 17.1 Å². The Morgan fingerprint density at radius 2 is 1.80 bits per heavy atom. The Hall–Kier alpha value is -2.94. The summed E-state index contributed by atoms with van der Waals surface area (Å²) in [6, 6.07) is 19.8. The van der Waals surface area contributed by atoms with Gasteiger partial charge in [0, 0.05) is 23.3 Å². The summed E-state index contributed by atoms with van der Waals surface area (Å²) in [5.41, 5.74) is 1.48. The number of aryl methyl sites for hydroxylation is 1. The van der Waals surface area contributed by atoms with E-state index in [9.17, 15) is 13.2 Å². The molecule has 4 rings (SSSR count). The summed E-state index contributed by atoms with van der Waals surface area (Å²) in [7, 11) is -1.93. The smallest absolute Gasteiger partial charge is 0.279 e. The third kappa shape index (κ3) is 4.16. The van der Waals surface area contributed by atoms with Crippen molar-refractivity contribution in [1.29, 1.82) is 0 Å². The van der Waals surface area contributed by atoms with E-state index in [4.69, 9.17) is 11.6 Å². The zero-order valence-electron chi connectivity index (χ0n) is 15.7. The minimum atomic E-state index is -3.75. The van der Waals surface area contributed by atoms with Crippen LogP contribution >= 0.6 is 22.9 Å². The van der Waals surface area contributed by atoms with Crippen LogP contribution in [0.5, 0.6) is 0 Å². The molecule has 0 saturated heterocycles. The number of halogens is 1. The van der Waals surface area contributed by atoms with Crippen LogP contribution in [0.1, 0.15) is 10.4 Å². The number of nitrogens with one attached hydrogen (secondary N) is 1. The Morgan fingerprint density at radius 3 is 2.57 bits per heavy atom. The largest absolute Gasteiger partial charge is 0.319 e. The molecule has 0 aliphatic heterocycles. The van der Waals surface area contributed by atoms with Crippen molar-refractivity contribution in [2.45, 2.75) is 4.90 Å². The first kappa shape index (κ1) is 20.3. The Bertz CT molecular complexity index is 1420. The van der Waals surface area contributed by atoms with Gasteiger partial charge >= 0.3 is 0 Å². The van der Waals surface area contributed by atoms with E-state index < -0.39 is 15.9 Å². The molecule has 1 heterocycles. The summed E-state index contributed by atoms with van der Waals surface area (Å²) in [4.78, 5) is 17.6. The van der Waals surface area contributed by atoms with Gasteiger partial charge in [-0.05, 0) is 48.5 Å². The lowest BCUT2D eigenvalue weighted by atomic mass is 10.2. The van der Waals surface area contributed by atoms with E-state index >= 15 is 0 Å². The number of sulfonamides is 1. The zero-order valence-corrected chi connectivity index (χ0v) is 18.1. The fraction of sp³-hybridized carbons (Fsp3) is 0.0476. The fourth-order valence-corrected chi connectivity index (χ4v) is 5.26. The van der Waals surface area contributed by atoms with Gasteiger partial charge in [0.2, 0.25) is 0 Å². The van der Waals surface area contributed by atoms with Crippen LogP contribution in [0.25, 0.3) is 10.2 Å². The number of anilines is 1. The van der Waals surface area contributed by atoms with Crippen molar-refractivity contribution in [1.82, 2.24) is 4.57 Å². The third-order valence-corrected chi connectivity index (χ3v) is 7.11. The SMILES string of the molecule is Cn1c(=NC(=O)c2cccc(NS(=O)(=O)c3ccccc3)c2)sc2cc(Cl)ccc21. The molecule has 0 fully saturated rings. The molecule has 0 aliphatic rings. The van der Waals surface area contributed by atoms with Crippen molar-refractivity contribution < 1.29 is 13.2 Å². The van der Waals surface area contributed by atoms with Gasteiger partial charge < -0.3 is 4.57 Å². The summed E-state index contributed by atoms with van der Waals surface area (Å²) >= 11 is 7.39. The van der Waals surface area contributed by atoms with Gasteiger partial charge in [-0.25, -0.2) is 8.42 Å². The molecule has 30 heavy (non-hydrogen) atoms. The molecule has 1 amide bonds. The third-order valence-electron chi connectivity index (χ3n) is 4.38. The first-order valence-electron chi connectivity index (χ1n) is 8.85. The number of aromatic nitrogens is 1. The van der Waals surface area contributed by atoms with E-state index in [-0.39, 0.29) is 16.1 Å². The highest BCUT2D eigenvalue weighted by atomic mass is 35.5. The number of carbonyl (C=O) groups excluding carboxylic acids is 1. The predicted molar refractivity (Wildman–Crippen MR) is 119 cm³/mol. The highest BCUT2D eigenvalue weighted by Gasteiger charge is 2.15. The Morgan fingerprint density at radius 1 is 1.03 bits per heavy atom. The average molecular weight is 458 g/mol. The number of hydrogen-bond donors (Lipinski definition) is 1. The quantitative estimate of drug-likeness (QED) is 0.492. The molecule has 0 radical (unpaired) electrons. The second-order valence-corrected chi connectivity index (χ2v) is 9.60. The summed E-state index contributed by atoms with van der Waals surface area (Å²) in [6.07, 6.45) is 0. The molecule has 0 saturated carbocycles. The standard InChI is InChI=1S/C21H16ClN3O3S2/c1-25-18-11-10-15(22)13-19(18)29-21(25)23-20(26)14-6-5-7-16(12-14)24-30(27,28)17-8-3-2-4-9-17/h2-13,24H,1H3. The van der Waals surface area contributed by atoms with Crippen LogP contribution in [-0.4, -0.2) is 18.9 Å². The van der Waals surface area contributed by atoms with Crippen molar-refractivity contribution in [2.75, 3.05) is 4.72 Å². The van der Waals surface area contributed by atoms with Crippen molar-refractivity contribution >= 4 is 54.8 Å². The predicted octanol–water partition coefficient (Wildman–Crippen LogP) is 4.44. The molecular formula is C21H16ClN3O3S2. The number of hydrogen-bond acceptors (Lipinski definition) is 4. The summed E-state index contributed by atoms with van der Waals surface area (Å²) in [5, 5.41) is 0.612. The lowest BCUT2D eigenvalue weighted by Crippen LogP contribution is -2.14. The number of amides is 1. The second-order valence-electron chi connectivity index (χ2n) is 6.47. The van der Waals surface area contributed by atoms with Crippen molar-refractivity contribution in [3.05, 3.63) is 88.2 Å². The lowest BCUT2D eigenvalue weighted by molar-refractivity contribution is 0.0998. The fourth-order valence-electron chi connectivity index (χ4n) is 2.90. The molecule has 4 aromatic rings. The summed E-state index contributed by atoms with van der Waals surface area (Å²) in [5.74, 6) is -0.469. The number of nitrogens with zero attached hydrogens (tertiary/aromatic N) is 2. The van der Waals surface area contributed by atoms with Gasteiger partial charge in [0.15, 0.2) is 4.80 Å². The molecule has 1 N–H and O–H groups in total. The maximum atomic E-state index is 12.7. The molecule has 0 atom stereocenters. The van der Waals surface area contributed by atoms with Gasteiger partial charge in [0.25, 0.3) is 15.9 Å². The number of rotatable bonds is 4. The first-order chi connectivity index (χ1) is 14.3. The van der Waals surface area contributed by atoms with Crippen molar-refractivity contribution in [2.24, 2.45) is 12.0 Å². The molecule has 1 aromatic heterocycles. The van der Waals surface area contributed by atoms with E-state index in [0.717, 1.165) is 10.2 Å². The van der Waals surface area contributed by atoms with Gasteiger partial charge in [0.05, 0.1) is 15.1 Å². The van der Waals surface area contributed by atoms with Crippen LogP contribution in [0.2, 0.25) is 5.02 Å². The highest BCUT2D eigenvalue weighted by molar-refractivity contribution is 7.92.